The molecule has 0 atom stereocenters. The van der Waals surface area contributed by atoms with Gasteiger partial charge >= 0.3 is 0 Å². The molecule has 18 heteroatoms. The number of halogens is 2. The van der Waals surface area contributed by atoms with Crippen molar-refractivity contribution in [1.29, 1.82) is 0 Å². The van der Waals surface area contributed by atoms with Crippen LogP contribution in [0.15, 0.2) is 189 Å². The first-order chi connectivity index (χ1) is 37.8. The maximum absolute atomic E-state index is 12.9. The van der Waals surface area contributed by atoms with Gasteiger partial charge in [-0.2, -0.15) is 0 Å². The van der Waals surface area contributed by atoms with Crippen molar-refractivity contribution in [3.63, 3.8) is 0 Å². The average Bonchev–Trinajstić information content (AvgIpc) is 3.51. The highest BCUT2D eigenvalue weighted by Gasteiger charge is 2.10. The van der Waals surface area contributed by atoms with Crippen LogP contribution in [0.2, 0.25) is 5.02 Å². The van der Waals surface area contributed by atoms with Crippen LogP contribution in [0, 0.1) is 5.82 Å². The first-order valence-corrected chi connectivity index (χ1v) is 24.3. The summed E-state index contributed by atoms with van der Waals surface area (Å²) in [6, 6.07) is 50.9. The fraction of sp³-hybridized carbons (Fsp3) is 0.0500. The summed E-state index contributed by atoms with van der Waals surface area (Å²) in [4.78, 5) is 43.7. The van der Waals surface area contributed by atoms with Crippen LogP contribution in [-0.4, -0.2) is 60.0 Å². The van der Waals surface area contributed by atoms with Crippen molar-refractivity contribution >= 4 is 90.1 Å². The van der Waals surface area contributed by atoms with E-state index in [1.165, 1.54) is 44.4 Å². The van der Waals surface area contributed by atoms with Crippen LogP contribution in [-0.2, 0) is 4.79 Å². The molecule has 0 spiro atoms. The number of rotatable bonds is 7. The van der Waals surface area contributed by atoms with Gasteiger partial charge in [0.2, 0.25) is 5.91 Å². The standard InChI is InChI=1S/C16H14N4O.C16H15N3O2.C14H10ClN3.C14H10FN3/c1-10(21)20-13-5-2-11(3-6-13)12-4-7-15-14(8-12)16(17)19-9-18-15;1-20-14-6-4-11(8-15(14)21-2)10-3-5-13-12(7-10)16(17)19-9-18-13;2*15-11-4-1-9(2-5-11)10-3-6-13-12(7-10)14(16)18-8-17-13/h2-9H,1H3,(H,20,21)(H2,17,18,19);3-9H,1-2H3,(H2,17,18,19);2*1-8H,(H2,16,17,18). The van der Waals surface area contributed by atoms with Gasteiger partial charge in [0, 0.05) is 39.2 Å². The van der Waals surface area contributed by atoms with E-state index in [0.29, 0.717) is 34.8 Å². The van der Waals surface area contributed by atoms with E-state index in [1.54, 1.807) is 26.4 Å². The number of nitrogen functional groups attached to an aromatic ring is 4. The van der Waals surface area contributed by atoms with Crippen LogP contribution in [0.5, 0.6) is 11.5 Å². The number of anilines is 5. The Morgan fingerprint density at radius 2 is 0.718 bits per heavy atom. The Balaban J connectivity index is 0.000000127. The second kappa shape index (κ2) is 23.9. The molecule has 9 N–H and O–H groups in total. The van der Waals surface area contributed by atoms with Gasteiger partial charge in [0.1, 0.15) is 54.4 Å². The highest BCUT2D eigenvalue weighted by molar-refractivity contribution is 6.30. The predicted octanol–water partition coefficient (Wildman–Crippen LogP) is 12.3. The summed E-state index contributed by atoms with van der Waals surface area (Å²) in [7, 11) is 3.24. The van der Waals surface area contributed by atoms with Crippen molar-refractivity contribution in [2.24, 2.45) is 0 Å². The maximum Gasteiger partial charge on any atom is 0.221 e. The third-order valence-electron chi connectivity index (χ3n) is 12.3. The minimum Gasteiger partial charge on any atom is -0.493 e. The third-order valence-corrected chi connectivity index (χ3v) is 12.5. The number of benzene rings is 8. The molecule has 0 saturated heterocycles. The molecule has 0 aliphatic heterocycles. The zero-order valence-corrected chi connectivity index (χ0v) is 43.0. The number of nitrogens with two attached hydrogens (primary N) is 4. The summed E-state index contributed by atoms with van der Waals surface area (Å²) >= 11 is 5.88. The molecule has 0 bridgehead atoms. The zero-order valence-electron chi connectivity index (χ0n) is 42.3. The third kappa shape index (κ3) is 12.4. The van der Waals surface area contributed by atoms with Crippen molar-refractivity contribution in [2.45, 2.75) is 6.92 Å². The van der Waals surface area contributed by atoms with E-state index in [0.717, 1.165) is 98.8 Å². The average molecular weight is 1050 g/mol. The molecule has 12 aromatic rings. The monoisotopic (exact) mass is 1050 g/mol. The molecule has 78 heavy (non-hydrogen) atoms. The number of nitrogens with one attached hydrogen (secondary N) is 1. The number of carbonyl (C=O) groups excluding carboxylic acids is 1. The number of hydrogen-bond donors (Lipinski definition) is 5. The number of hydrogen-bond acceptors (Lipinski definition) is 15. The number of aromatic nitrogens is 8. The van der Waals surface area contributed by atoms with Crippen molar-refractivity contribution in [1.82, 2.24) is 39.9 Å². The van der Waals surface area contributed by atoms with E-state index < -0.39 is 0 Å². The molecule has 386 valence electrons. The lowest BCUT2D eigenvalue weighted by molar-refractivity contribution is -0.114. The second-order valence-corrected chi connectivity index (χ2v) is 17.7. The lowest BCUT2D eigenvalue weighted by atomic mass is 10.0. The van der Waals surface area contributed by atoms with E-state index in [1.807, 2.05) is 140 Å². The summed E-state index contributed by atoms with van der Waals surface area (Å²) in [5.74, 6) is 2.94. The molecule has 0 unspecified atom stereocenters. The van der Waals surface area contributed by atoms with Gasteiger partial charge in [-0.25, -0.2) is 44.3 Å². The van der Waals surface area contributed by atoms with Crippen LogP contribution in [0.25, 0.3) is 88.1 Å². The largest absolute Gasteiger partial charge is 0.493 e. The number of nitrogens with zero attached hydrogens (tertiary/aromatic N) is 8. The minimum absolute atomic E-state index is 0.0848. The van der Waals surface area contributed by atoms with Crippen LogP contribution >= 0.6 is 11.6 Å². The molecule has 0 radical (unpaired) electrons. The molecular formula is C60H49ClFN13O3. The minimum atomic E-state index is -0.248. The molecular weight excluding hydrogens is 1010 g/mol. The molecule has 4 heterocycles. The molecule has 0 fully saturated rings. The van der Waals surface area contributed by atoms with Gasteiger partial charge in [-0.1, -0.05) is 78.3 Å². The van der Waals surface area contributed by atoms with Crippen molar-refractivity contribution in [2.75, 3.05) is 42.5 Å². The number of methoxy groups -OCH3 is 2. The Morgan fingerprint density at radius 3 is 1.08 bits per heavy atom. The van der Waals surface area contributed by atoms with E-state index in [-0.39, 0.29) is 11.7 Å². The van der Waals surface area contributed by atoms with Crippen LogP contribution in [0.1, 0.15) is 6.92 Å². The van der Waals surface area contributed by atoms with Gasteiger partial charge in [0.15, 0.2) is 11.5 Å². The first kappa shape index (κ1) is 52.5. The fourth-order valence-electron chi connectivity index (χ4n) is 8.27. The summed E-state index contributed by atoms with van der Waals surface area (Å²) in [6.07, 6.45) is 5.84. The molecule has 8 aromatic carbocycles. The van der Waals surface area contributed by atoms with Gasteiger partial charge in [0.05, 0.1) is 36.3 Å². The van der Waals surface area contributed by atoms with Crippen molar-refractivity contribution in [3.8, 4) is 56.0 Å². The normalized spacial score (nSPS) is 10.6. The SMILES string of the molecule is CC(=O)Nc1ccc(-c2ccc3ncnc(N)c3c2)cc1.COc1ccc(-c2ccc3ncnc(N)c3c2)cc1OC.Nc1ncnc2ccc(-c3ccc(Cl)cc3)cc12.Nc1ncnc2ccc(-c3ccc(F)cc3)cc12. The molecule has 0 aliphatic carbocycles. The summed E-state index contributed by atoms with van der Waals surface area (Å²) < 4.78 is 23.5. The van der Waals surface area contributed by atoms with Crippen LogP contribution in [0.3, 0.4) is 0 Å². The molecule has 0 saturated carbocycles. The van der Waals surface area contributed by atoms with Crippen LogP contribution in [0.4, 0.5) is 33.3 Å². The number of amides is 1. The Labute approximate surface area is 452 Å². The van der Waals surface area contributed by atoms with Crippen molar-refractivity contribution < 1.29 is 18.7 Å². The Kier molecular flexibility index (Phi) is 16.1. The van der Waals surface area contributed by atoms with Gasteiger partial charge in [-0.3, -0.25) is 4.79 Å². The molecule has 16 nitrogen and oxygen atoms in total. The van der Waals surface area contributed by atoms with Gasteiger partial charge in [-0.15, -0.1) is 0 Å². The number of ether oxygens (including phenoxy) is 2. The number of fused-ring (bicyclic) bond motifs is 4. The molecule has 0 aliphatic rings. The van der Waals surface area contributed by atoms with Gasteiger partial charge < -0.3 is 37.7 Å². The maximum atomic E-state index is 12.9. The summed E-state index contributed by atoms with van der Waals surface area (Å²) in [6.45, 7) is 1.49. The highest BCUT2D eigenvalue weighted by Crippen LogP contribution is 2.34. The summed E-state index contributed by atoms with van der Waals surface area (Å²) in [5, 5.41) is 6.81. The van der Waals surface area contributed by atoms with Gasteiger partial charge in [-0.05, 0) is 142 Å². The Hall–Kier alpha value is -10.4. The Bertz CT molecular complexity index is 3970. The van der Waals surface area contributed by atoms with E-state index >= 15 is 0 Å². The zero-order chi connectivity index (χ0) is 54.7. The predicted molar refractivity (Wildman–Crippen MR) is 310 cm³/mol. The van der Waals surface area contributed by atoms with E-state index in [4.69, 9.17) is 44.0 Å². The molecule has 12 rings (SSSR count). The van der Waals surface area contributed by atoms with E-state index in [2.05, 4.69) is 45.2 Å². The first-order valence-electron chi connectivity index (χ1n) is 24.0. The lowest BCUT2D eigenvalue weighted by Gasteiger charge is -2.10. The second-order valence-electron chi connectivity index (χ2n) is 17.3. The molecule has 4 aromatic heterocycles. The lowest BCUT2D eigenvalue weighted by Crippen LogP contribution is -2.05. The van der Waals surface area contributed by atoms with Crippen molar-refractivity contribution in [3.05, 3.63) is 200 Å². The van der Waals surface area contributed by atoms with Gasteiger partial charge in [0.25, 0.3) is 0 Å². The number of carbonyl (C=O) groups is 1. The smallest absolute Gasteiger partial charge is 0.221 e. The van der Waals surface area contributed by atoms with Crippen LogP contribution < -0.4 is 37.7 Å². The summed E-state index contributed by atoms with van der Waals surface area (Å²) in [5.41, 5.74) is 35.7. The quantitative estimate of drug-likeness (QED) is 0.0995. The molecule has 1 amide bonds. The topological polar surface area (TPSA) is 255 Å². The Morgan fingerprint density at radius 1 is 0.410 bits per heavy atom. The van der Waals surface area contributed by atoms with E-state index in [9.17, 15) is 9.18 Å². The highest BCUT2D eigenvalue weighted by atomic mass is 35.5. The fourth-order valence-corrected chi connectivity index (χ4v) is 8.40.